The van der Waals surface area contributed by atoms with E-state index in [1.807, 2.05) is 13.8 Å². The van der Waals surface area contributed by atoms with E-state index in [-0.39, 0.29) is 11.8 Å². The SMILES string of the molecule is CNC(=O)c1cc(NC(=O)[C@@H](N)CC(C)C)ccc1Cl. The van der Waals surface area contributed by atoms with Crippen LogP contribution in [-0.2, 0) is 4.79 Å². The molecular weight excluding hydrogens is 278 g/mol. The minimum Gasteiger partial charge on any atom is -0.355 e. The van der Waals surface area contributed by atoms with E-state index in [9.17, 15) is 9.59 Å². The van der Waals surface area contributed by atoms with E-state index in [1.54, 1.807) is 12.1 Å². The summed E-state index contributed by atoms with van der Waals surface area (Å²) in [4.78, 5) is 23.5. The number of anilines is 1. The molecular formula is C14H20ClN3O2. The zero-order valence-electron chi connectivity index (χ0n) is 11.9. The number of carbonyl (C=O) groups excluding carboxylic acids is 2. The predicted molar refractivity (Wildman–Crippen MR) is 80.9 cm³/mol. The molecule has 0 aliphatic rings. The Bertz CT molecular complexity index is 503. The first-order valence-electron chi connectivity index (χ1n) is 6.43. The summed E-state index contributed by atoms with van der Waals surface area (Å²) in [7, 11) is 1.52. The fourth-order valence-corrected chi connectivity index (χ4v) is 1.96. The Hall–Kier alpha value is -1.59. The van der Waals surface area contributed by atoms with Crippen molar-refractivity contribution in [2.75, 3.05) is 12.4 Å². The molecule has 110 valence electrons. The van der Waals surface area contributed by atoms with Gasteiger partial charge in [-0.25, -0.2) is 0 Å². The molecule has 0 aromatic heterocycles. The topological polar surface area (TPSA) is 84.2 Å². The maximum atomic E-state index is 11.9. The molecule has 5 nitrogen and oxygen atoms in total. The van der Waals surface area contributed by atoms with Crippen molar-refractivity contribution in [3.63, 3.8) is 0 Å². The van der Waals surface area contributed by atoms with E-state index in [0.29, 0.717) is 28.6 Å². The number of benzene rings is 1. The first-order valence-corrected chi connectivity index (χ1v) is 6.81. The minimum atomic E-state index is -0.575. The molecule has 0 radical (unpaired) electrons. The summed E-state index contributed by atoms with van der Waals surface area (Å²) in [6, 6.07) is 4.15. The Labute approximate surface area is 123 Å². The van der Waals surface area contributed by atoms with Crippen molar-refractivity contribution in [2.45, 2.75) is 26.3 Å². The van der Waals surface area contributed by atoms with E-state index in [2.05, 4.69) is 10.6 Å². The van der Waals surface area contributed by atoms with Crippen molar-refractivity contribution >= 4 is 29.1 Å². The Morgan fingerprint density at radius 2 is 2.00 bits per heavy atom. The van der Waals surface area contributed by atoms with Gasteiger partial charge < -0.3 is 16.4 Å². The van der Waals surface area contributed by atoms with Gasteiger partial charge in [-0.1, -0.05) is 25.4 Å². The molecule has 0 unspecified atom stereocenters. The molecule has 20 heavy (non-hydrogen) atoms. The molecule has 0 aliphatic carbocycles. The second-order valence-corrected chi connectivity index (χ2v) is 5.41. The maximum absolute atomic E-state index is 11.9. The van der Waals surface area contributed by atoms with Gasteiger partial charge >= 0.3 is 0 Å². The normalized spacial score (nSPS) is 12.1. The van der Waals surface area contributed by atoms with Crippen LogP contribution in [0.1, 0.15) is 30.6 Å². The highest BCUT2D eigenvalue weighted by molar-refractivity contribution is 6.34. The van der Waals surface area contributed by atoms with Crippen molar-refractivity contribution in [1.82, 2.24) is 5.32 Å². The number of halogens is 1. The van der Waals surface area contributed by atoms with E-state index < -0.39 is 6.04 Å². The van der Waals surface area contributed by atoms with Crippen LogP contribution in [0.4, 0.5) is 5.69 Å². The second kappa shape index (κ2) is 7.26. The average molecular weight is 298 g/mol. The van der Waals surface area contributed by atoms with Gasteiger partial charge in [-0.15, -0.1) is 0 Å². The number of carbonyl (C=O) groups is 2. The van der Waals surface area contributed by atoms with Gasteiger partial charge in [-0.2, -0.15) is 0 Å². The van der Waals surface area contributed by atoms with Gasteiger partial charge in [0, 0.05) is 12.7 Å². The Kier molecular flexibility index (Phi) is 5.98. The first-order chi connectivity index (χ1) is 9.35. The van der Waals surface area contributed by atoms with E-state index >= 15 is 0 Å². The zero-order valence-corrected chi connectivity index (χ0v) is 12.6. The summed E-state index contributed by atoms with van der Waals surface area (Å²) in [5.41, 5.74) is 6.61. The Morgan fingerprint density at radius 3 is 2.55 bits per heavy atom. The molecule has 0 aliphatic heterocycles. The van der Waals surface area contributed by atoms with Gasteiger partial charge in [0.1, 0.15) is 0 Å². The molecule has 0 fully saturated rings. The molecule has 4 N–H and O–H groups in total. The van der Waals surface area contributed by atoms with Gasteiger partial charge in [0.15, 0.2) is 0 Å². The molecule has 1 aromatic carbocycles. The molecule has 0 bridgehead atoms. The summed E-state index contributed by atoms with van der Waals surface area (Å²) < 4.78 is 0. The fraction of sp³-hybridized carbons (Fsp3) is 0.429. The number of hydrogen-bond acceptors (Lipinski definition) is 3. The smallest absolute Gasteiger partial charge is 0.252 e. The molecule has 1 aromatic rings. The molecule has 0 saturated heterocycles. The average Bonchev–Trinajstić information content (AvgIpc) is 2.39. The van der Waals surface area contributed by atoms with Crippen molar-refractivity contribution in [1.29, 1.82) is 0 Å². The van der Waals surface area contributed by atoms with Crippen LogP contribution in [-0.4, -0.2) is 24.9 Å². The van der Waals surface area contributed by atoms with Crippen LogP contribution in [0, 0.1) is 5.92 Å². The number of hydrogen-bond donors (Lipinski definition) is 3. The van der Waals surface area contributed by atoms with Gasteiger partial charge in [-0.3, -0.25) is 9.59 Å². The number of nitrogens with two attached hydrogens (primary N) is 1. The van der Waals surface area contributed by atoms with Gasteiger partial charge in [0.05, 0.1) is 16.6 Å². The minimum absolute atomic E-state index is 0.274. The van der Waals surface area contributed by atoms with Crippen molar-refractivity contribution < 1.29 is 9.59 Å². The van der Waals surface area contributed by atoms with E-state index in [4.69, 9.17) is 17.3 Å². The number of rotatable bonds is 5. The second-order valence-electron chi connectivity index (χ2n) is 5.00. The Balaban J connectivity index is 2.83. The largest absolute Gasteiger partial charge is 0.355 e. The standard InChI is InChI=1S/C14H20ClN3O2/c1-8(2)6-12(16)14(20)18-9-4-5-11(15)10(7-9)13(19)17-3/h4-5,7-8,12H,6,16H2,1-3H3,(H,17,19)(H,18,20)/t12-/m0/s1. The molecule has 1 rings (SSSR count). The summed E-state index contributed by atoms with van der Waals surface area (Å²) in [5.74, 6) is -0.246. The van der Waals surface area contributed by atoms with Crippen LogP contribution in [0.5, 0.6) is 0 Å². The van der Waals surface area contributed by atoms with Gasteiger partial charge in [0.25, 0.3) is 5.91 Å². The highest BCUT2D eigenvalue weighted by Gasteiger charge is 2.16. The van der Waals surface area contributed by atoms with E-state index in [0.717, 1.165) is 0 Å². The summed E-state index contributed by atoms with van der Waals surface area (Å²) >= 11 is 5.94. The van der Waals surface area contributed by atoms with Crippen LogP contribution >= 0.6 is 11.6 Å². The molecule has 0 saturated carbocycles. The fourth-order valence-electron chi connectivity index (χ4n) is 1.76. The molecule has 1 atom stereocenters. The summed E-state index contributed by atoms with van der Waals surface area (Å²) in [6.45, 7) is 4.00. The lowest BCUT2D eigenvalue weighted by Gasteiger charge is -2.14. The highest BCUT2D eigenvalue weighted by atomic mass is 35.5. The Morgan fingerprint density at radius 1 is 1.35 bits per heavy atom. The van der Waals surface area contributed by atoms with Crippen LogP contribution in [0.3, 0.4) is 0 Å². The monoisotopic (exact) mass is 297 g/mol. The molecule has 2 amide bonds. The maximum Gasteiger partial charge on any atom is 0.252 e. The molecule has 0 heterocycles. The summed E-state index contributed by atoms with van der Waals surface area (Å²) in [6.07, 6.45) is 0.599. The van der Waals surface area contributed by atoms with Crippen molar-refractivity contribution in [2.24, 2.45) is 11.7 Å². The first kappa shape index (κ1) is 16.5. The highest BCUT2D eigenvalue weighted by Crippen LogP contribution is 2.20. The molecule has 6 heteroatoms. The van der Waals surface area contributed by atoms with E-state index in [1.165, 1.54) is 13.1 Å². The third-order valence-corrected chi connectivity index (χ3v) is 3.10. The quantitative estimate of drug-likeness (QED) is 0.777. The van der Waals surface area contributed by atoms with Crippen molar-refractivity contribution in [3.05, 3.63) is 28.8 Å². The zero-order chi connectivity index (χ0) is 15.3. The lowest BCUT2D eigenvalue weighted by atomic mass is 10.0. The number of amides is 2. The van der Waals surface area contributed by atoms with Crippen molar-refractivity contribution in [3.8, 4) is 0 Å². The van der Waals surface area contributed by atoms with Crippen LogP contribution in [0.15, 0.2) is 18.2 Å². The van der Waals surface area contributed by atoms with Crippen LogP contribution in [0.25, 0.3) is 0 Å². The third kappa shape index (κ3) is 4.51. The third-order valence-electron chi connectivity index (χ3n) is 2.77. The molecule has 0 spiro atoms. The summed E-state index contributed by atoms with van der Waals surface area (Å²) in [5, 5.41) is 5.51. The van der Waals surface area contributed by atoms with Gasteiger partial charge in [0.2, 0.25) is 5.91 Å². The number of nitrogens with one attached hydrogen (secondary N) is 2. The van der Waals surface area contributed by atoms with Crippen LogP contribution < -0.4 is 16.4 Å². The van der Waals surface area contributed by atoms with Gasteiger partial charge in [-0.05, 0) is 30.5 Å². The lowest BCUT2D eigenvalue weighted by molar-refractivity contribution is -0.117. The lowest BCUT2D eigenvalue weighted by Crippen LogP contribution is -2.36. The van der Waals surface area contributed by atoms with Crippen LogP contribution in [0.2, 0.25) is 5.02 Å². The predicted octanol–water partition coefficient (Wildman–Crippen LogP) is 2.01.